The Hall–Kier alpha value is 1.06. The van der Waals surface area contributed by atoms with E-state index in [0.717, 1.165) is 0 Å². The van der Waals surface area contributed by atoms with Crippen LogP contribution in [0, 0.1) is 12.3 Å². The zero-order valence-corrected chi connectivity index (χ0v) is 6.66. The van der Waals surface area contributed by atoms with Crippen LogP contribution in [0.3, 0.4) is 0 Å². The second kappa shape index (κ2) is 19.7. The summed E-state index contributed by atoms with van der Waals surface area (Å²) < 4.78 is 0. The summed E-state index contributed by atoms with van der Waals surface area (Å²) in [4.78, 5) is 0. The summed E-state index contributed by atoms with van der Waals surface area (Å²) in [5, 5.41) is 0. The molecule has 5 heavy (non-hydrogen) atoms. The Morgan fingerprint density at radius 2 is 1.60 bits per heavy atom. The molecule has 0 saturated heterocycles. The van der Waals surface area contributed by atoms with Crippen molar-refractivity contribution in [3.05, 3.63) is 6.42 Å². The van der Waals surface area contributed by atoms with E-state index in [1.165, 1.54) is 0 Å². The average Bonchev–Trinajstić information content (AvgIpc) is 0.918. The largest absolute Gasteiger partial charge is 2.00 e. The van der Waals surface area contributed by atoms with Gasteiger partial charge in [0.25, 0.3) is 0 Å². The fourth-order valence-corrected chi connectivity index (χ4v) is 0. The quantitative estimate of drug-likeness (QED) is 0.168. The molecule has 0 unspecified atom stereocenters. The van der Waals surface area contributed by atoms with E-state index in [2.05, 4.69) is 0 Å². The molecule has 0 nitrogen and oxygen atoms in total. The van der Waals surface area contributed by atoms with Gasteiger partial charge in [-0.2, -0.15) is 0 Å². The van der Waals surface area contributed by atoms with Crippen molar-refractivity contribution in [1.29, 1.82) is 0 Å². The molecule has 0 heterocycles. The van der Waals surface area contributed by atoms with E-state index in [4.69, 9.17) is 6.42 Å². The molecule has 0 saturated carbocycles. The van der Waals surface area contributed by atoms with Gasteiger partial charge in [0.05, 0.1) is 0 Å². The monoisotopic (exact) mass is 190 g/mol. The first kappa shape index (κ1) is 16.6. The van der Waals surface area contributed by atoms with Crippen molar-refractivity contribution in [3.63, 3.8) is 0 Å². The van der Waals surface area contributed by atoms with Gasteiger partial charge in [-0.15, -0.1) is 0 Å². The Morgan fingerprint density at radius 1 is 1.60 bits per heavy atom. The van der Waals surface area contributed by atoms with Gasteiger partial charge in [0.2, 0.25) is 0 Å². The van der Waals surface area contributed by atoms with Gasteiger partial charge < -0.3 is 36.3 Å². The van der Waals surface area contributed by atoms with Crippen LogP contribution in [0.5, 0.6) is 0 Å². The Balaban J connectivity index is -0.0000000200. The summed E-state index contributed by atoms with van der Waals surface area (Å²) in [5.41, 5.74) is 0. The van der Waals surface area contributed by atoms with E-state index in [0.29, 0.717) is 0 Å². The maximum Gasteiger partial charge on any atom is 2.00 e. The summed E-state index contributed by atoms with van der Waals surface area (Å²) in [7, 11) is 0. The summed E-state index contributed by atoms with van der Waals surface area (Å²) in [6.45, 7) is 1.54. The van der Waals surface area contributed by atoms with Crippen LogP contribution in [0.4, 0.5) is 0 Å². The average molecular weight is 190 g/mol. The Bertz CT molecular complexity index is 28.4. The van der Waals surface area contributed by atoms with Crippen LogP contribution in [0.25, 0.3) is 0 Å². The Labute approximate surface area is 65.9 Å². The van der Waals surface area contributed by atoms with Gasteiger partial charge in [-0.3, -0.25) is 0 Å². The third-order valence-corrected chi connectivity index (χ3v) is 0. The Morgan fingerprint density at radius 3 is 1.60 bits per heavy atom. The third-order valence-electron chi connectivity index (χ3n) is 0. The van der Waals surface area contributed by atoms with Gasteiger partial charge in [0.15, 0.2) is 0 Å². The second-order valence-electron chi connectivity index (χ2n) is 0.250. The first-order valence-corrected chi connectivity index (χ1v) is 0.750. The van der Waals surface area contributed by atoms with Crippen molar-refractivity contribution < 1.29 is 24.0 Å². The summed E-state index contributed by atoms with van der Waals surface area (Å²) in [6.07, 6.45) is 5.96. The zero-order chi connectivity index (χ0) is 2.71. The molecule has 0 aromatic carbocycles. The van der Waals surface area contributed by atoms with Crippen LogP contribution < -0.4 is 24.0 Å². The van der Waals surface area contributed by atoms with E-state index in [1.54, 1.807) is 6.92 Å². The fourth-order valence-electron chi connectivity index (χ4n) is 0. The van der Waals surface area contributed by atoms with Crippen molar-refractivity contribution in [1.82, 2.24) is 0 Å². The van der Waals surface area contributed by atoms with Crippen molar-refractivity contribution >= 4 is 23.1 Å². The van der Waals surface area contributed by atoms with Gasteiger partial charge in [0, 0.05) is 0 Å². The van der Waals surface area contributed by atoms with Crippen LogP contribution in [0.2, 0.25) is 0 Å². The molecule has 0 rings (SSSR count). The van der Waals surface area contributed by atoms with Crippen molar-refractivity contribution in [2.75, 3.05) is 0 Å². The van der Waals surface area contributed by atoms with Gasteiger partial charge in [0.1, 0.15) is 0 Å². The Kier molecular flexibility index (Phi) is 65.2. The predicted octanol–water partition coefficient (Wildman–Crippen LogP) is -2.78. The molecule has 0 aliphatic rings. The van der Waals surface area contributed by atoms with Crippen LogP contribution >= 0.6 is 0 Å². The summed E-state index contributed by atoms with van der Waals surface area (Å²) in [6, 6.07) is 0. The SMILES string of the molecule is [C-]#CC.[I-].[Mg+2]. The van der Waals surface area contributed by atoms with Gasteiger partial charge >= 0.3 is 23.1 Å². The minimum atomic E-state index is 0. The summed E-state index contributed by atoms with van der Waals surface area (Å²) >= 11 is 0. The van der Waals surface area contributed by atoms with E-state index >= 15 is 0 Å². The minimum Gasteiger partial charge on any atom is -1.00 e. The molecule has 0 bridgehead atoms. The molecule has 0 radical (unpaired) electrons. The van der Waals surface area contributed by atoms with Crippen LogP contribution in [0.1, 0.15) is 6.92 Å². The van der Waals surface area contributed by atoms with Crippen molar-refractivity contribution in [3.8, 4) is 5.92 Å². The van der Waals surface area contributed by atoms with Crippen molar-refractivity contribution in [2.45, 2.75) is 6.92 Å². The molecular weight excluding hydrogens is 187 g/mol. The first-order valence-electron chi connectivity index (χ1n) is 0.750. The number of hydrogen-bond donors (Lipinski definition) is 0. The van der Waals surface area contributed by atoms with E-state index in [-0.39, 0.29) is 47.0 Å². The smallest absolute Gasteiger partial charge is 1.00 e. The molecule has 0 fully saturated rings. The molecule has 0 aliphatic carbocycles. The minimum absolute atomic E-state index is 0. The van der Waals surface area contributed by atoms with Crippen LogP contribution in [-0.4, -0.2) is 23.1 Å². The summed E-state index contributed by atoms with van der Waals surface area (Å²) in [5.74, 6) is 2.00. The molecule has 24 valence electrons. The van der Waals surface area contributed by atoms with Crippen molar-refractivity contribution in [2.24, 2.45) is 0 Å². The molecule has 0 aromatic heterocycles. The molecule has 0 atom stereocenters. The topological polar surface area (TPSA) is 0 Å². The third kappa shape index (κ3) is 42.3. The van der Waals surface area contributed by atoms with E-state index in [1.807, 2.05) is 5.92 Å². The van der Waals surface area contributed by atoms with E-state index < -0.39 is 0 Å². The molecular formula is C3H3IMg. The number of hydrogen-bond acceptors (Lipinski definition) is 0. The number of rotatable bonds is 0. The number of halogens is 1. The molecule has 0 aromatic rings. The molecule has 0 aliphatic heterocycles. The molecule has 0 N–H and O–H groups in total. The fraction of sp³-hybridized carbons (Fsp3) is 0.333. The maximum absolute atomic E-state index is 5.96. The van der Waals surface area contributed by atoms with Gasteiger partial charge in [-0.25, -0.2) is 0 Å². The zero-order valence-electron chi connectivity index (χ0n) is 3.09. The standard InChI is InChI=1S/C3H3.HI.Mg/c1-3-2;;/h1H3;1H;/q-1;;+2/p-1. The van der Waals surface area contributed by atoms with Crippen LogP contribution in [-0.2, 0) is 0 Å². The van der Waals surface area contributed by atoms with Gasteiger partial charge in [-0.05, 0) is 6.92 Å². The maximum atomic E-state index is 5.96. The normalized spacial score (nSPS) is 1.60. The first-order chi connectivity index (χ1) is 1.41. The molecule has 0 amide bonds. The van der Waals surface area contributed by atoms with Gasteiger partial charge in [-0.1, -0.05) is 0 Å². The molecule has 0 spiro atoms. The molecule has 2 heteroatoms. The second-order valence-corrected chi connectivity index (χ2v) is 0.250. The van der Waals surface area contributed by atoms with Crippen LogP contribution in [0.15, 0.2) is 0 Å². The predicted molar refractivity (Wildman–Crippen MR) is 18.6 cm³/mol. The van der Waals surface area contributed by atoms with E-state index in [9.17, 15) is 0 Å².